The number of thiazole rings is 1. The number of nitrogens with one attached hydrogen (secondary N) is 1. The molecule has 1 unspecified atom stereocenters. The summed E-state index contributed by atoms with van der Waals surface area (Å²) in [5.74, 6) is -1.43. The second-order valence-corrected chi connectivity index (χ2v) is 5.37. The van der Waals surface area contributed by atoms with Crippen molar-refractivity contribution < 1.29 is 14.7 Å². The summed E-state index contributed by atoms with van der Waals surface area (Å²) in [5.41, 5.74) is 1.73. The maximum atomic E-state index is 12.1. The largest absolute Gasteiger partial charge is 0.480 e. The topological polar surface area (TPSA) is 79.3 Å². The Bertz CT molecular complexity index is 638. The number of carbonyl (C=O) groups excluding carboxylic acids is 1. The van der Waals surface area contributed by atoms with Gasteiger partial charge in [0.1, 0.15) is 5.54 Å². The van der Waals surface area contributed by atoms with E-state index in [4.69, 9.17) is 5.11 Å². The van der Waals surface area contributed by atoms with Crippen LogP contribution in [0.15, 0.2) is 23.7 Å². The lowest BCUT2D eigenvalue weighted by atomic mass is 9.98. The molecule has 2 N–H and O–H groups in total. The number of hydrogen-bond acceptors (Lipinski definition) is 4. The minimum absolute atomic E-state index is 0.316. The van der Waals surface area contributed by atoms with E-state index in [1.165, 1.54) is 18.3 Å². The van der Waals surface area contributed by atoms with E-state index in [1.807, 2.05) is 0 Å². The molecule has 0 radical (unpaired) electrons. The Morgan fingerprint density at radius 1 is 1.47 bits per heavy atom. The molecule has 0 saturated heterocycles. The van der Waals surface area contributed by atoms with Crippen LogP contribution >= 0.6 is 11.3 Å². The number of nitrogens with zero attached hydrogens (tertiary/aromatic N) is 1. The second-order valence-electron chi connectivity index (χ2n) is 4.48. The number of carboxylic acids is 1. The molecule has 2 aromatic rings. The van der Waals surface area contributed by atoms with Gasteiger partial charge in [-0.25, -0.2) is 9.78 Å². The number of fused-ring (bicyclic) bond motifs is 1. The average Bonchev–Trinajstić information content (AvgIpc) is 2.85. The molecule has 100 valence electrons. The van der Waals surface area contributed by atoms with Crippen molar-refractivity contribution in [2.75, 3.05) is 0 Å². The van der Waals surface area contributed by atoms with Crippen molar-refractivity contribution in [3.05, 3.63) is 29.3 Å². The Morgan fingerprint density at radius 2 is 2.21 bits per heavy atom. The third kappa shape index (κ3) is 2.58. The average molecular weight is 278 g/mol. The molecule has 0 saturated carbocycles. The number of rotatable bonds is 4. The van der Waals surface area contributed by atoms with E-state index in [0.717, 1.165) is 10.2 Å². The fourth-order valence-electron chi connectivity index (χ4n) is 1.61. The Hall–Kier alpha value is -1.95. The van der Waals surface area contributed by atoms with Gasteiger partial charge in [-0.3, -0.25) is 4.79 Å². The highest BCUT2D eigenvalue weighted by molar-refractivity contribution is 7.16. The molecule has 1 aromatic carbocycles. The van der Waals surface area contributed by atoms with Crippen molar-refractivity contribution in [2.45, 2.75) is 25.8 Å². The standard InChI is InChI=1S/C13H14N2O3S/c1-3-13(2,12(17)18)15-11(16)8-4-5-9-10(6-8)19-7-14-9/h4-7H,3H2,1-2H3,(H,15,16)(H,17,18). The first kappa shape index (κ1) is 13.5. The van der Waals surface area contributed by atoms with Gasteiger partial charge in [-0.1, -0.05) is 6.92 Å². The van der Waals surface area contributed by atoms with Crippen molar-refractivity contribution in [1.29, 1.82) is 0 Å². The number of aromatic nitrogens is 1. The summed E-state index contributed by atoms with van der Waals surface area (Å²) >= 11 is 1.44. The molecule has 2 rings (SSSR count). The third-order valence-corrected chi connectivity index (χ3v) is 3.95. The lowest BCUT2D eigenvalue weighted by molar-refractivity contribution is -0.143. The monoisotopic (exact) mass is 278 g/mol. The van der Waals surface area contributed by atoms with Gasteiger partial charge in [0, 0.05) is 5.56 Å². The molecule has 0 aliphatic heterocycles. The summed E-state index contributed by atoms with van der Waals surface area (Å²) in [6, 6.07) is 5.13. The van der Waals surface area contributed by atoms with Gasteiger partial charge in [0.15, 0.2) is 0 Å². The van der Waals surface area contributed by atoms with Gasteiger partial charge in [-0.2, -0.15) is 0 Å². The van der Waals surface area contributed by atoms with Crippen molar-refractivity contribution in [2.24, 2.45) is 0 Å². The molecule has 1 atom stereocenters. The van der Waals surface area contributed by atoms with Crippen molar-refractivity contribution in [1.82, 2.24) is 10.3 Å². The molecule has 0 spiro atoms. The lowest BCUT2D eigenvalue weighted by Crippen LogP contribution is -2.51. The third-order valence-electron chi connectivity index (χ3n) is 3.16. The quantitative estimate of drug-likeness (QED) is 0.899. The highest BCUT2D eigenvalue weighted by atomic mass is 32.1. The highest BCUT2D eigenvalue weighted by Gasteiger charge is 2.33. The van der Waals surface area contributed by atoms with E-state index in [-0.39, 0.29) is 5.91 Å². The van der Waals surface area contributed by atoms with Gasteiger partial charge in [0.25, 0.3) is 5.91 Å². The summed E-state index contributed by atoms with van der Waals surface area (Å²) in [7, 11) is 0. The van der Waals surface area contributed by atoms with Crippen LogP contribution < -0.4 is 5.32 Å². The minimum Gasteiger partial charge on any atom is -0.480 e. The maximum Gasteiger partial charge on any atom is 0.329 e. The summed E-state index contributed by atoms with van der Waals surface area (Å²) in [6.45, 7) is 3.22. The zero-order valence-corrected chi connectivity index (χ0v) is 11.5. The fraction of sp³-hybridized carbons (Fsp3) is 0.308. The zero-order valence-electron chi connectivity index (χ0n) is 10.6. The van der Waals surface area contributed by atoms with Gasteiger partial charge in [0.05, 0.1) is 15.7 Å². The van der Waals surface area contributed by atoms with Gasteiger partial charge in [-0.15, -0.1) is 11.3 Å². The predicted octanol–water partition coefficient (Wildman–Crippen LogP) is 2.28. The molecular weight excluding hydrogens is 264 g/mol. The number of hydrogen-bond donors (Lipinski definition) is 2. The normalized spacial score (nSPS) is 14.0. The molecule has 1 heterocycles. The molecule has 0 aliphatic carbocycles. The van der Waals surface area contributed by atoms with Crippen LogP contribution in [0.3, 0.4) is 0 Å². The van der Waals surface area contributed by atoms with Crippen molar-refractivity contribution in [3.63, 3.8) is 0 Å². The predicted molar refractivity (Wildman–Crippen MR) is 73.4 cm³/mol. The van der Waals surface area contributed by atoms with Crippen LogP contribution in [-0.2, 0) is 4.79 Å². The Balaban J connectivity index is 2.26. The minimum atomic E-state index is -1.25. The molecule has 19 heavy (non-hydrogen) atoms. The van der Waals surface area contributed by atoms with E-state index >= 15 is 0 Å². The summed E-state index contributed by atoms with van der Waals surface area (Å²) < 4.78 is 0.904. The smallest absolute Gasteiger partial charge is 0.329 e. The van der Waals surface area contributed by atoms with Gasteiger partial charge >= 0.3 is 5.97 Å². The second kappa shape index (κ2) is 4.97. The first-order valence-electron chi connectivity index (χ1n) is 5.85. The number of carboxylic acid groups (broad SMARTS) is 1. The molecule has 0 aliphatic rings. The summed E-state index contributed by atoms with van der Waals surface area (Å²) in [4.78, 5) is 27.4. The van der Waals surface area contributed by atoms with Crippen LogP contribution in [0.5, 0.6) is 0 Å². The summed E-state index contributed by atoms with van der Waals surface area (Å²) in [6.07, 6.45) is 0.316. The van der Waals surface area contributed by atoms with Crippen LogP contribution in [-0.4, -0.2) is 27.5 Å². The van der Waals surface area contributed by atoms with Gasteiger partial charge in [0.2, 0.25) is 0 Å². The van der Waals surface area contributed by atoms with Crippen LogP contribution in [0.2, 0.25) is 0 Å². The Morgan fingerprint density at radius 3 is 2.84 bits per heavy atom. The highest BCUT2D eigenvalue weighted by Crippen LogP contribution is 2.20. The van der Waals surface area contributed by atoms with Gasteiger partial charge < -0.3 is 10.4 Å². The Kier molecular flexibility index (Phi) is 3.53. The van der Waals surface area contributed by atoms with E-state index < -0.39 is 11.5 Å². The van der Waals surface area contributed by atoms with E-state index in [0.29, 0.717) is 12.0 Å². The van der Waals surface area contributed by atoms with Crippen LogP contribution in [0.4, 0.5) is 0 Å². The molecule has 1 amide bonds. The lowest BCUT2D eigenvalue weighted by Gasteiger charge is -2.24. The molecule has 0 bridgehead atoms. The van der Waals surface area contributed by atoms with E-state index in [9.17, 15) is 9.59 Å². The molecular formula is C13H14N2O3S. The molecule has 0 fully saturated rings. The van der Waals surface area contributed by atoms with Crippen LogP contribution in [0.25, 0.3) is 10.2 Å². The maximum absolute atomic E-state index is 12.1. The first-order valence-corrected chi connectivity index (χ1v) is 6.73. The number of carbonyl (C=O) groups is 2. The zero-order chi connectivity index (χ0) is 14.0. The van der Waals surface area contributed by atoms with E-state index in [2.05, 4.69) is 10.3 Å². The van der Waals surface area contributed by atoms with Gasteiger partial charge in [-0.05, 0) is 31.5 Å². The number of benzene rings is 1. The molecule has 6 heteroatoms. The van der Waals surface area contributed by atoms with Crippen LogP contribution in [0, 0.1) is 0 Å². The fourth-order valence-corrected chi connectivity index (χ4v) is 2.33. The SMILES string of the molecule is CCC(C)(NC(=O)c1ccc2ncsc2c1)C(=O)O. The summed E-state index contributed by atoms with van der Waals surface area (Å²) in [5, 5.41) is 11.7. The van der Waals surface area contributed by atoms with Crippen molar-refractivity contribution >= 4 is 33.4 Å². The number of amides is 1. The molecule has 5 nitrogen and oxygen atoms in total. The first-order chi connectivity index (χ1) is 8.96. The van der Waals surface area contributed by atoms with Crippen LogP contribution in [0.1, 0.15) is 30.6 Å². The Labute approximate surface area is 114 Å². The molecule has 1 aromatic heterocycles. The van der Waals surface area contributed by atoms with Crippen molar-refractivity contribution in [3.8, 4) is 0 Å². The number of aliphatic carboxylic acids is 1. The van der Waals surface area contributed by atoms with E-state index in [1.54, 1.807) is 30.6 Å².